The molecule has 0 aliphatic carbocycles. The van der Waals surface area contributed by atoms with Gasteiger partial charge in [-0.15, -0.1) is 11.3 Å². The van der Waals surface area contributed by atoms with E-state index in [2.05, 4.69) is 10.6 Å². The average Bonchev–Trinajstić information content (AvgIpc) is 3.36. The zero-order valence-corrected chi connectivity index (χ0v) is 17.2. The summed E-state index contributed by atoms with van der Waals surface area (Å²) in [6, 6.07) is 26.0. The Morgan fingerprint density at radius 3 is 1.77 bits per heavy atom. The number of amides is 2. The van der Waals surface area contributed by atoms with Crippen LogP contribution in [0.3, 0.4) is 0 Å². The minimum absolute atomic E-state index is 0.180. The van der Waals surface area contributed by atoms with Crippen molar-refractivity contribution >= 4 is 40.3 Å². The van der Waals surface area contributed by atoms with Gasteiger partial charge in [0.25, 0.3) is 11.8 Å². The third kappa shape index (κ3) is 4.76. The summed E-state index contributed by atoms with van der Waals surface area (Å²) in [5, 5.41) is 7.47. The van der Waals surface area contributed by atoms with E-state index < -0.39 is 0 Å². The quantitative estimate of drug-likeness (QED) is 0.401. The van der Waals surface area contributed by atoms with Crippen LogP contribution >= 0.6 is 11.3 Å². The fourth-order valence-electron chi connectivity index (χ4n) is 3.06. The van der Waals surface area contributed by atoms with Crippen LogP contribution < -0.4 is 10.6 Å². The molecule has 0 saturated heterocycles. The smallest absolute Gasteiger partial charge is 0.265 e. The summed E-state index contributed by atoms with van der Waals surface area (Å²) >= 11 is 1.36. The van der Waals surface area contributed by atoms with Crippen LogP contribution in [0.25, 0.3) is 0 Å². The van der Waals surface area contributed by atoms with Gasteiger partial charge in [-0.1, -0.05) is 54.6 Å². The Hall–Kier alpha value is -4.03. The molecule has 0 aliphatic heterocycles. The van der Waals surface area contributed by atoms with Crippen LogP contribution in [0.2, 0.25) is 0 Å². The van der Waals surface area contributed by atoms with E-state index >= 15 is 0 Å². The van der Waals surface area contributed by atoms with E-state index in [-0.39, 0.29) is 17.6 Å². The highest BCUT2D eigenvalue weighted by Gasteiger charge is 2.18. The lowest BCUT2D eigenvalue weighted by Crippen LogP contribution is -2.17. The molecule has 5 nitrogen and oxygen atoms in total. The lowest BCUT2D eigenvalue weighted by molar-refractivity contribution is 0.0996. The minimum Gasteiger partial charge on any atom is -0.322 e. The van der Waals surface area contributed by atoms with Crippen LogP contribution in [0.4, 0.5) is 11.4 Å². The van der Waals surface area contributed by atoms with Gasteiger partial charge in [-0.05, 0) is 41.8 Å². The molecular weight excluding hydrogens is 408 g/mol. The third-order valence-electron chi connectivity index (χ3n) is 4.60. The van der Waals surface area contributed by atoms with Crippen LogP contribution in [0.15, 0.2) is 96.4 Å². The molecule has 3 aromatic carbocycles. The predicted molar refractivity (Wildman–Crippen MR) is 123 cm³/mol. The van der Waals surface area contributed by atoms with Crippen LogP contribution in [0.1, 0.15) is 36.0 Å². The SMILES string of the molecule is O=C(Nc1ccc(NC(=O)c2ccccc2C(=O)c2ccccc2)cc1)c1cccs1. The van der Waals surface area contributed by atoms with E-state index in [9.17, 15) is 14.4 Å². The molecule has 0 spiro atoms. The highest BCUT2D eigenvalue weighted by molar-refractivity contribution is 7.12. The number of benzene rings is 3. The molecule has 2 N–H and O–H groups in total. The van der Waals surface area contributed by atoms with Crippen molar-refractivity contribution in [2.24, 2.45) is 0 Å². The van der Waals surface area contributed by atoms with Crippen molar-refractivity contribution in [2.75, 3.05) is 10.6 Å². The summed E-state index contributed by atoms with van der Waals surface area (Å²) in [6.45, 7) is 0. The minimum atomic E-state index is -0.379. The number of hydrogen-bond acceptors (Lipinski definition) is 4. The van der Waals surface area contributed by atoms with Gasteiger partial charge in [-0.25, -0.2) is 0 Å². The molecule has 31 heavy (non-hydrogen) atoms. The van der Waals surface area contributed by atoms with E-state index in [1.807, 2.05) is 17.5 Å². The number of rotatable bonds is 6. The second-order valence-electron chi connectivity index (χ2n) is 6.70. The highest BCUT2D eigenvalue weighted by Crippen LogP contribution is 2.19. The lowest BCUT2D eigenvalue weighted by Gasteiger charge is -2.10. The van der Waals surface area contributed by atoms with Crippen LogP contribution in [0, 0.1) is 0 Å². The fourth-order valence-corrected chi connectivity index (χ4v) is 3.68. The Balaban J connectivity index is 1.48. The molecule has 2 amide bonds. The Bertz CT molecular complexity index is 1220. The van der Waals surface area contributed by atoms with Crippen molar-refractivity contribution in [2.45, 2.75) is 0 Å². The van der Waals surface area contributed by atoms with Gasteiger partial charge >= 0.3 is 0 Å². The molecule has 0 fully saturated rings. The van der Waals surface area contributed by atoms with Crippen LogP contribution in [-0.2, 0) is 0 Å². The predicted octanol–water partition coefficient (Wildman–Crippen LogP) is 5.48. The van der Waals surface area contributed by atoms with E-state index in [1.54, 1.807) is 78.9 Å². The summed E-state index contributed by atoms with van der Waals surface area (Å²) in [7, 11) is 0. The van der Waals surface area contributed by atoms with Crippen LogP contribution in [-0.4, -0.2) is 17.6 Å². The van der Waals surface area contributed by atoms with Crippen molar-refractivity contribution in [1.29, 1.82) is 0 Å². The number of hydrogen-bond donors (Lipinski definition) is 2. The standard InChI is InChI=1S/C25H18N2O3S/c28-23(17-7-2-1-3-8-17)20-9-4-5-10-21(20)24(29)26-18-12-14-19(15-13-18)27-25(30)22-11-6-16-31-22/h1-16H,(H,26,29)(H,27,30). The number of thiophene rings is 1. The number of anilines is 2. The topological polar surface area (TPSA) is 75.3 Å². The van der Waals surface area contributed by atoms with Gasteiger partial charge in [0, 0.05) is 22.5 Å². The number of carbonyl (C=O) groups excluding carboxylic acids is 3. The first-order chi connectivity index (χ1) is 15.1. The first-order valence-electron chi connectivity index (χ1n) is 9.57. The molecule has 6 heteroatoms. The van der Waals surface area contributed by atoms with Gasteiger partial charge in [0.05, 0.1) is 10.4 Å². The maximum absolute atomic E-state index is 12.9. The van der Waals surface area contributed by atoms with Crippen molar-refractivity contribution in [3.05, 3.63) is 118 Å². The van der Waals surface area contributed by atoms with Crippen molar-refractivity contribution in [1.82, 2.24) is 0 Å². The monoisotopic (exact) mass is 426 g/mol. The molecule has 4 rings (SSSR count). The zero-order valence-electron chi connectivity index (χ0n) is 16.4. The second kappa shape index (κ2) is 9.19. The Morgan fingerprint density at radius 1 is 0.581 bits per heavy atom. The second-order valence-corrected chi connectivity index (χ2v) is 7.65. The molecule has 1 heterocycles. The molecule has 152 valence electrons. The van der Waals surface area contributed by atoms with Gasteiger partial charge in [-0.3, -0.25) is 14.4 Å². The van der Waals surface area contributed by atoms with Gasteiger partial charge in [0.2, 0.25) is 0 Å². The molecule has 0 atom stereocenters. The molecule has 0 saturated carbocycles. The number of ketones is 1. The largest absolute Gasteiger partial charge is 0.322 e. The van der Waals surface area contributed by atoms with E-state index in [1.165, 1.54) is 11.3 Å². The fraction of sp³-hybridized carbons (Fsp3) is 0. The van der Waals surface area contributed by atoms with Crippen molar-refractivity contribution in [3.8, 4) is 0 Å². The number of nitrogens with one attached hydrogen (secondary N) is 2. The lowest BCUT2D eigenvalue weighted by atomic mass is 9.98. The summed E-state index contributed by atoms with van der Waals surface area (Å²) < 4.78 is 0. The Morgan fingerprint density at radius 2 is 1.16 bits per heavy atom. The Kier molecular flexibility index (Phi) is 6.01. The Labute approximate surface area is 183 Å². The van der Waals surface area contributed by atoms with E-state index in [0.717, 1.165) is 0 Å². The maximum atomic E-state index is 12.9. The molecule has 1 aromatic heterocycles. The van der Waals surface area contributed by atoms with Gasteiger partial charge in [0.1, 0.15) is 0 Å². The summed E-state index contributed by atoms with van der Waals surface area (Å²) in [4.78, 5) is 38.5. The summed E-state index contributed by atoms with van der Waals surface area (Å²) in [5.41, 5.74) is 2.34. The summed E-state index contributed by atoms with van der Waals surface area (Å²) in [6.07, 6.45) is 0. The highest BCUT2D eigenvalue weighted by atomic mass is 32.1. The van der Waals surface area contributed by atoms with Gasteiger partial charge < -0.3 is 10.6 Å². The van der Waals surface area contributed by atoms with Gasteiger partial charge in [0.15, 0.2) is 5.78 Å². The van der Waals surface area contributed by atoms with E-state index in [4.69, 9.17) is 0 Å². The molecule has 0 aliphatic rings. The zero-order chi connectivity index (χ0) is 21.6. The normalized spacial score (nSPS) is 10.3. The van der Waals surface area contributed by atoms with Crippen molar-refractivity contribution in [3.63, 3.8) is 0 Å². The third-order valence-corrected chi connectivity index (χ3v) is 5.47. The first kappa shape index (κ1) is 20.3. The average molecular weight is 426 g/mol. The van der Waals surface area contributed by atoms with Gasteiger partial charge in [-0.2, -0.15) is 0 Å². The molecule has 0 bridgehead atoms. The molecule has 0 unspecified atom stereocenters. The molecule has 4 aromatic rings. The van der Waals surface area contributed by atoms with Crippen molar-refractivity contribution < 1.29 is 14.4 Å². The maximum Gasteiger partial charge on any atom is 0.265 e. The first-order valence-corrected chi connectivity index (χ1v) is 10.4. The molecule has 0 radical (unpaired) electrons. The number of carbonyl (C=O) groups is 3. The summed E-state index contributed by atoms with van der Waals surface area (Å²) in [5.74, 6) is -0.770. The van der Waals surface area contributed by atoms with Crippen LogP contribution in [0.5, 0.6) is 0 Å². The van der Waals surface area contributed by atoms with E-state index in [0.29, 0.717) is 32.9 Å². The molecular formula is C25H18N2O3S.